The predicted molar refractivity (Wildman–Crippen MR) is 92.8 cm³/mol. The van der Waals surface area contributed by atoms with E-state index in [4.69, 9.17) is 0 Å². The molecule has 0 aromatic carbocycles. The number of rotatable bonds is 3. The number of hydrogen-bond acceptors (Lipinski definition) is 3. The molecule has 1 aliphatic heterocycles. The Labute approximate surface area is 144 Å². The number of amides is 2. The lowest BCUT2D eigenvalue weighted by molar-refractivity contribution is 0.224. The molecule has 6 heteroatoms. The highest BCUT2D eigenvalue weighted by Crippen LogP contribution is 2.29. The van der Waals surface area contributed by atoms with E-state index < -0.39 is 0 Å². The van der Waals surface area contributed by atoms with Gasteiger partial charge in [-0.1, -0.05) is 12.8 Å². The Kier molecular flexibility index (Phi) is 4.48. The summed E-state index contributed by atoms with van der Waals surface area (Å²) in [6.45, 7) is 2.15. The van der Waals surface area contributed by atoms with Gasteiger partial charge in [-0.15, -0.1) is 0 Å². The maximum Gasteiger partial charge on any atom is 0.315 e. The molecule has 2 fully saturated rings. The summed E-state index contributed by atoms with van der Waals surface area (Å²) in [5, 5.41) is 10.7. The Morgan fingerprint density at radius 1 is 1.17 bits per heavy atom. The van der Waals surface area contributed by atoms with Gasteiger partial charge in [0.05, 0.1) is 12.2 Å². The monoisotopic (exact) mass is 331 g/mol. The number of fused-ring (bicyclic) bond motifs is 1. The second kappa shape index (κ2) is 6.75. The molecule has 1 saturated heterocycles. The standard InChI is InChI=1S/C18H29N5O/c1-22-17-8-4-7-16(15(17)11-19-22)21-18(24)20-13-9-10-23(12-13)14-5-2-3-6-14/h11,13-14,16H,2-10,12H2,1H3,(H2,20,21,24)/t13-,16-/m0/s1. The van der Waals surface area contributed by atoms with Crippen molar-refractivity contribution in [3.8, 4) is 0 Å². The Bertz CT molecular complexity index is 592. The van der Waals surface area contributed by atoms with E-state index in [1.54, 1.807) is 0 Å². The highest BCUT2D eigenvalue weighted by Gasteiger charge is 2.31. The number of likely N-dealkylation sites (tertiary alicyclic amines) is 1. The molecule has 1 aromatic heterocycles. The molecule has 2 N–H and O–H groups in total. The largest absolute Gasteiger partial charge is 0.334 e. The van der Waals surface area contributed by atoms with Crippen LogP contribution in [0.5, 0.6) is 0 Å². The molecule has 3 aliphatic rings. The minimum Gasteiger partial charge on any atom is -0.334 e. The highest BCUT2D eigenvalue weighted by molar-refractivity contribution is 5.75. The molecule has 2 aliphatic carbocycles. The van der Waals surface area contributed by atoms with E-state index in [1.807, 2.05) is 17.9 Å². The lowest BCUT2D eigenvalue weighted by atomic mass is 9.93. The molecule has 132 valence electrons. The third kappa shape index (κ3) is 3.16. The van der Waals surface area contributed by atoms with E-state index in [9.17, 15) is 4.79 Å². The predicted octanol–water partition coefficient (Wildman–Crippen LogP) is 2.11. The van der Waals surface area contributed by atoms with Crippen LogP contribution in [0, 0.1) is 0 Å². The van der Waals surface area contributed by atoms with E-state index in [0.717, 1.165) is 44.8 Å². The zero-order valence-electron chi connectivity index (χ0n) is 14.6. The molecule has 4 rings (SSSR count). The summed E-state index contributed by atoms with van der Waals surface area (Å²) in [7, 11) is 1.98. The first-order valence-corrected chi connectivity index (χ1v) is 9.52. The Balaban J connectivity index is 1.30. The molecule has 0 unspecified atom stereocenters. The first-order chi connectivity index (χ1) is 11.7. The third-order valence-corrected chi connectivity index (χ3v) is 6.08. The van der Waals surface area contributed by atoms with Gasteiger partial charge in [0.1, 0.15) is 0 Å². The summed E-state index contributed by atoms with van der Waals surface area (Å²) in [6.07, 6.45) is 11.6. The number of aromatic nitrogens is 2. The second-order valence-electron chi connectivity index (χ2n) is 7.65. The fourth-order valence-corrected chi connectivity index (χ4v) is 4.75. The van der Waals surface area contributed by atoms with Crippen LogP contribution >= 0.6 is 0 Å². The molecule has 1 saturated carbocycles. The summed E-state index contributed by atoms with van der Waals surface area (Å²) in [5.41, 5.74) is 2.46. The first kappa shape index (κ1) is 15.9. The molecule has 2 atom stereocenters. The zero-order chi connectivity index (χ0) is 16.5. The number of urea groups is 1. The van der Waals surface area contributed by atoms with E-state index in [2.05, 4.69) is 20.6 Å². The summed E-state index contributed by atoms with van der Waals surface area (Å²) in [6, 6.07) is 1.14. The van der Waals surface area contributed by atoms with Gasteiger partial charge in [-0.3, -0.25) is 9.58 Å². The van der Waals surface area contributed by atoms with Crippen LogP contribution in [-0.4, -0.2) is 45.9 Å². The van der Waals surface area contributed by atoms with Crippen molar-refractivity contribution in [2.45, 2.75) is 69.5 Å². The minimum atomic E-state index is -0.0185. The second-order valence-corrected chi connectivity index (χ2v) is 7.65. The molecule has 1 aromatic rings. The van der Waals surface area contributed by atoms with E-state index in [1.165, 1.54) is 36.9 Å². The number of carbonyl (C=O) groups excluding carboxylic acids is 1. The molecule has 6 nitrogen and oxygen atoms in total. The van der Waals surface area contributed by atoms with E-state index in [-0.39, 0.29) is 12.1 Å². The van der Waals surface area contributed by atoms with Crippen LogP contribution in [0.2, 0.25) is 0 Å². The van der Waals surface area contributed by atoms with Crippen LogP contribution in [0.1, 0.15) is 62.2 Å². The van der Waals surface area contributed by atoms with Crippen LogP contribution in [0.25, 0.3) is 0 Å². The number of hydrogen-bond donors (Lipinski definition) is 2. The van der Waals surface area contributed by atoms with Gasteiger partial charge < -0.3 is 10.6 Å². The molecule has 24 heavy (non-hydrogen) atoms. The number of nitrogens with one attached hydrogen (secondary N) is 2. The Morgan fingerprint density at radius 3 is 2.83 bits per heavy atom. The average molecular weight is 331 g/mol. The molecule has 0 bridgehead atoms. The summed E-state index contributed by atoms with van der Waals surface area (Å²) < 4.78 is 1.94. The number of nitrogens with zero attached hydrogens (tertiary/aromatic N) is 3. The Morgan fingerprint density at radius 2 is 2.00 bits per heavy atom. The van der Waals surface area contributed by atoms with Gasteiger partial charge in [0.15, 0.2) is 0 Å². The smallest absolute Gasteiger partial charge is 0.315 e. The van der Waals surface area contributed by atoms with Crippen LogP contribution in [0.3, 0.4) is 0 Å². The molecular formula is C18H29N5O. The van der Waals surface area contributed by atoms with Gasteiger partial charge in [-0.05, 0) is 38.5 Å². The van der Waals surface area contributed by atoms with Crippen molar-refractivity contribution in [1.82, 2.24) is 25.3 Å². The molecule has 2 heterocycles. The fraction of sp³-hybridized carbons (Fsp3) is 0.778. The molecule has 0 radical (unpaired) electrons. The van der Waals surface area contributed by atoms with Crippen molar-refractivity contribution in [2.24, 2.45) is 7.05 Å². The Hall–Kier alpha value is -1.56. The van der Waals surface area contributed by atoms with E-state index in [0.29, 0.717) is 6.04 Å². The molecular weight excluding hydrogens is 302 g/mol. The van der Waals surface area contributed by atoms with Crippen LogP contribution < -0.4 is 10.6 Å². The molecule has 0 spiro atoms. The number of carbonyl (C=O) groups is 1. The average Bonchev–Trinajstić information content (AvgIpc) is 3.29. The summed E-state index contributed by atoms with van der Waals surface area (Å²) >= 11 is 0. The van der Waals surface area contributed by atoms with Crippen LogP contribution in [0.4, 0.5) is 4.79 Å². The highest BCUT2D eigenvalue weighted by atomic mass is 16.2. The maximum atomic E-state index is 12.4. The number of aryl methyl sites for hydroxylation is 1. The first-order valence-electron chi connectivity index (χ1n) is 9.52. The van der Waals surface area contributed by atoms with Gasteiger partial charge in [0.25, 0.3) is 0 Å². The summed E-state index contributed by atoms with van der Waals surface area (Å²) in [5.74, 6) is 0. The van der Waals surface area contributed by atoms with Gasteiger partial charge in [-0.2, -0.15) is 5.10 Å². The van der Waals surface area contributed by atoms with Crippen LogP contribution in [-0.2, 0) is 13.5 Å². The normalized spacial score (nSPS) is 28.0. The summed E-state index contributed by atoms with van der Waals surface area (Å²) in [4.78, 5) is 15.0. The third-order valence-electron chi connectivity index (χ3n) is 6.08. The van der Waals surface area contributed by atoms with Gasteiger partial charge in [0.2, 0.25) is 0 Å². The van der Waals surface area contributed by atoms with Crippen molar-refractivity contribution in [2.75, 3.05) is 13.1 Å². The topological polar surface area (TPSA) is 62.2 Å². The van der Waals surface area contributed by atoms with Gasteiger partial charge in [0, 0.05) is 43.5 Å². The fourth-order valence-electron chi connectivity index (χ4n) is 4.75. The van der Waals surface area contributed by atoms with Crippen molar-refractivity contribution >= 4 is 6.03 Å². The lowest BCUT2D eigenvalue weighted by Crippen LogP contribution is -2.45. The maximum absolute atomic E-state index is 12.4. The van der Waals surface area contributed by atoms with Gasteiger partial charge in [-0.25, -0.2) is 4.79 Å². The van der Waals surface area contributed by atoms with Crippen molar-refractivity contribution in [1.29, 1.82) is 0 Å². The molecule has 2 amide bonds. The van der Waals surface area contributed by atoms with Crippen LogP contribution in [0.15, 0.2) is 6.20 Å². The lowest BCUT2D eigenvalue weighted by Gasteiger charge is -2.26. The van der Waals surface area contributed by atoms with Crippen molar-refractivity contribution in [3.05, 3.63) is 17.5 Å². The van der Waals surface area contributed by atoms with E-state index >= 15 is 0 Å². The minimum absolute atomic E-state index is 0.0185. The van der Waals surface area contributed by atoms with Crippen molar-refractivity contribution < 1.29 is 4.79 Å². The van der Waals surface area contributed by atoms with Gasteiger partial charge >= 0.3 is 6.03 Å². The SMILES string of the molecule is Cn1ncc2c1CCC[C@@H]2NC(=O)N[C@H]1CCN(C2CCCC2)C1. The quantitative estimate of drug-likeness (QED) is 0.892. The van der Waals surface area contributed by atoms with Crippen molar-refractivity contribution in [3.63, 3.8) is 0 Å². The zero-order valence-corrected chi connectivity index (χ0v) is 14.6.